The zero-order valence-corrected chi connectivity index (χ0v) is 31.2. The summed E-state index contributed by atoms with van der Waals surface area (Å²) in [5.74, 6) is -0.447. The summed E-state index contributed by atoms with van der Waals surface area (Å²) in [6, 6.07) is 8.53. The molecule has 0 aromatic heterocycles. The fourth-order valence-corrected chi connectivity index (χ4v) is 5.31. The number of phenols is 2. The smallest absolute Gasteiger partial charge is 0.128 e. The van der Waals surface area contributed by atoms with Gasteiger partial charge in [0.1, 0.15) is 11.5 Å². The third kappa shape index (κ3) is 11.6. The molecular formula is C38H57CrN2O4-. The molecule has 0 amide bonds. The molecule has 0 saturated heterocycles. The molecule has 0 aliphatic heterocycles. The molecule has 0 spiro atoms. The zero-order chi connectivity index (χ0) is 33.8. The molecule has 0 heterocycles. The number of aromatic hydroxyl groups is 2. The van der Waals surface area contributed by atoms with Crippen LogP contribution in [0.4, 0.5) is 0 Å². The van der Waals surface area contributed by atoms with E-state index in [1.54, 1.807) is 0 Å². The van der Waals surface area contributed by atoms with Crippen molar-refractivity contribution in [2.45, 2.75) is 149 Å². The predicted molar refractivity (Wildman–Crippen MR) is 183 cm³/mol. The van der Waals surface area contributed by atoms with Crippen LogP contribution in [-0.4, -0.2) is 40.7 Å². The maximum absolute atomic E-state index is 11.2. The van der Waals surface area contributed by atoms with Crippen molar-refractivity contribution in [1.82, 2.24) is 0 Å². The van der Waals surface area contributed by atoms with Gasteiger partial charge in [-0.2, -0.15) is 0 Å². The number of carbonyl (C=O) groups excluding carboxylic acids is 1. The number of hydrogen-bond acceptors (Lipinski definition) is 6. The SMILES string of the molecule is CC(=O)[O-].CC(C)(C)c1cc(C=NC2CCCCC2N=Cc2cc(C(C)(C)C)cc(C(C)(C)C)c2O)c(O)c(C(C)(C)C)c1.[Cr]. The summed E-state index contributed by atoms with van der Waals surface area (Å²) >= 11 is 0. The van der Waals surface area contributed by atoms with Crippen LogP contribution in [0, 0.1) is 0 Å². The summed E-state index contributed by atoms with van der Waals surface area (Å²) in [4.78, 5) is 18.9. The summed E-state index contributed by atoms with van der Waals surface area (Å²) in [6.07, 6.45) is 7.90. The summed E-state index contributed by atoms with van der Waals surface area (Å²) in [6.45, 7) is 27.0. The van der Waals surface area contributed by atoms with Crippen molar-refractivity contribution in [2.75, 3.05) is 0 Å². The van der Waals surface area contributed by atoms with E-state index in [9.17, 15) is 10.2 Å². The minimum atomic E-state index is -1.08. The number of carboxylic acid groups (broad SMARTS) is 1. The molecule has 1 saturated carbocycles. The number of rotatable bonds is 4. The summed E-state index contributed by atoms with van der Waals surface area (Å²) in [5.41, 5.74) is 5.39. The van der Waals surface area contributed by atoms with Gasteiger partial charge >= 0.3 is 0 Å². The molecule has 0 bridgehead atoms. The number of aliphatic imine (C=N–C) groups is 2. The first-order chi connectivity index (χ1) is 19.9. The Balaban J connectivity index is 0.00000191. The molecule has 2 N–H and O–H groups in total. The second-order valence-corrected chi connectivity index (χ2v) is 16.4. The van der Waals surface area contributed by atoms with Gasteiger partial charge in [0.05, 0.1) is 12.1 Å². The molecule has 1 fully saturated rings. The van der Waals surface area contributed by atoms with Crippen LogP contribution in [-0.2, 0) is 43.8 Å². The first-order valence-corrected chi connectivity index (χ1v) is 15.9. The Morgan fingerprint density at radius 1 is 0.667 bits per heavy atom. The molecule has 2 aromatic carbocycles. The molecule has 6 nitrogen and oxygen atoms in total. The average Bonchev–Trinajstić information content (AvgIpc) is 2.84. The van der Waals surface area contributed by atoms with Crippen LogP contribution < -0.4 is 5.11 Å². The largest absolute Gasteiger partial charge is 0.550 e. The fourth-order valence-electron chi connectivity index (χ4n) is 5.31. The second kappa shape index (κ2) is 15.3. The van der Waals surface area contributed by atoms with Crippen molar-refractivity contribution in [3.8, 4) is 11.5 Å². The summed E-state index contributed by atoms with van der Waals surface area (Å²) in [7, 11) is 0. The zero-order valence-electron chi connectivity index (χ0n) is 30.0. The van der Waals surface area contributed by atoms with Crippen LogP contribution in [0.5, 0.6) is 11.5 Å². The van der Waals surface area contributed by atoms with Crippen LogP contribution in [0.15, 0.2) is 34.3 Å². The van der Waals surface area contributed by atoms with Gasteiger partial charge in [-0.3, -0.25) is 9.98 Å². The van der Waals surface area contributed by atoms with Gasteiger partial charge in [-0.25, -0.2) is 0 Å². The maximum Gasteiger partial charge on any atom is 0.128 e. The molecule has 7 heteroatoms. The van der Waals surface area contributed by atoms with Gasteiger partial charge in [-0.1, -0.05) is 108 Å². The van der Waals surface area contributed by atoms with E-state index in [1.807, 2.05) is 12.4 Å². The number of aliphatic carboxylic acids is 1. The van der Waals surface area contributed by atoms with Crippen molar-refractivity contribution in [3.05, 3.63) is 57.6 Å². The van der Waals surface area contributed by atoms with Gasteiger partial charge in [-0.15, -0.1) is 0 Å². The third-order valence-electron chi connectivity index (χ3n) is 8.13. The second-order valence-electron chi connectivity index (χ2n) is 16.4. The van der Waals surface area contributed by atoms with Crippen LogP contribution in [0.3, 0.4) is 0 Å². The number of nitrogens with zero attached hydrogens (tertiary/aromatic N) is 2. The van der Waals surface area contributed by atoms with Gasteiger partial charge in [0.15, 0.2) is 0 Å². The van der Waals surface area contributed by atoms with E-state index in [2.05, 4.69) is 107 Å². The van der Waals surface area contributed by atoms with Crippen molar-refractivity contribution in [2.24, 2.45) is 9.98 Å². The number of hydrogen-bond donors (Lipinski definition) is 2. The Kier molecular flexibility index (Phi) is 13.8. The molecule has 3 rings (SSSR count). The van der Waals surface area contributed by atoms with Crippen molar-refractivity contribution < 1.29 is 37.5 Å². The molecule has 2 unspecified atom stereocenters. The van der Waals surface area contributed by atoms with E-state index in [0.717, 1.165) is 54.9 Å². The Hall–Kier alpha value is -2.62. The minimum absolute atomic E-state index is 0. The Morgan fingerprint density at radius 2 is 0.956 bits per heavy atom. The van der Waals surface area contributed by atoms with Gasteiger partial charge in [-0.05, 0) is 64.7 Å². The Bertz CT molecular complexity index is 1260. The van der Waals surface area contributed by atoms with Gasteiger partial charge < -0.3 is 20.1 Å². The topological polar surface area (TPSA) is 105 Å². The molecule has 2 aromatic rings. The van der Waals surface area contributed by atoms with Crippen LogP contribution in [0.25, 0.3) is 0 Å². The summed E-state index contributed by atoms with van der Waals surface area (Å²) in [5, 5.41) is 31.3. The minimum Gasteiger partial charge on any atom is -0.550 e. The van der Waals surface area contributed by atoms with Crippen LogP contribution in [0.2, 0.25) is 0 Å². The van der Waals surface area contributed by atoms with Crippen LogP contribution >= 0.6 is 0 Å². The third-order valence-corrected chi connectivity index (χ3v) is 8.13. The normalized spacial score (nSPS) is 18.0. The number of phenolic OH excluding ortho intramolecular Hbond substituents is 2. The molecule has 0 radical (unpaired) electrons. The summed E-state index contributed by atoms with van der Waals surface area (Å²) < 4.78 is 0. The predicted octanol–water partition coefficient (Wildman–Crippen LogP) is 7.89. The first kappa shape index (κ1) is 40.4. The van der Waals surface area contributed by atoms with Crippen molar-refractivity contribution >= 4 is 18.4 Å². The number of carboxylic acids is 1. The first-order valence-electron chi connectivity index (χ1n) is 15.9. The van der Waals surface area contributed by atoms with E-state index >= 15 is 0 Å². The molecule has 45 heavy (non-hydrogen) atoms. The van der Waals surface area contributed by atoms with E-state index in [0.29, 0.717) is 11.5 Å². The number of carbonyl (C=O) groups is 1. The number of benzene rings is 2. The van der Waals surface area contributed by atoms with Crippen molar-refractivity contribution in [1.29, 1.82) is 0 Å². The Morgan fingerprint density at radius 3 is 1.20 bits per heavy atom. The van der Waals surface area contributed by atoms with E-state index in [-0.39, 0.29) is 51.1 Å². The Labute approximate surface area is 283 Å². The van der Waals surface area contributed by atoms with Crippen molar-refractivity contribution in [3.63, 3.8) is 0 Å². The van der Waals surface area contributed by atoms with E-state index < -0.39 is 5.97 Å². The monoisotopic (exact) mass is 657 g/mol. The van der Waals surface area contributed by atoms with Gasteiger partial charge in [0, 0.05) is 58.0 Å². The molecule has 1 aliphatic rings. The molecule has 1 aliphatic carbocycles. The van der Waals surface area contributed by atoms with E-state index in [4.69, 9.17) is 19.9 Å². The maximum atomic E-state index is 11.2. The molecular weight excluding hydrogens is 600 g/mol. The standard InChI is InChI=1S/C36H54N2O2.C2H4O2.Cr/c1-33(2,3)25-17-23(31(39)27(19-25)35(7,8)9)21-37-29-15-13-14-16-30(29)38-22-24-18-26(34(4,5)6)20-28(32(24)40)36(10,11)12;1-2(3)4;/h17-22,29-30,39-40H,13-16H2,1-12H3;1H3,(H,3,4);/p-1. The van der Waals surface area contributed by atoms with Crippen LogP contribution in [0.1, 0.15) is 149 Å². The fraction of sp³-hybridized carbons (Fsp3) is 0.605. The quantitative estimate of drug-likeness (QED) is 0.326. The van der Waals surface area contributed by atoms with Gasteiger partial charge in [0.2, 0.25) is 0 Å². The van der Waals surface area contributed by atoms with Gasteiger partial charge in [0.25, 0.3) is 0 Å². The molecule has 2 atom stereocenters. The van der Waals surface area contributed by atoms with E-state index in [1.165, 1.54) is 11.1 Å². The average molecular weight is 658 g/mol. The molecule has 250 valence electrons.